The van der Waals surface area contributed by atoms with Gasteiger partial charge in [0.15, 0.2) is 0 Å². The van der Waals surface area contributed by atoms with E-state index in [1.807, 2.05) is 0 Å². The first kappa shape index (κ1) is 25.3. The van der Waals surface area contributed by atoms with E-state index in [0.29, 0.717) is 0 Å². The highest BCUT2D eigenvalue weighted by Crippen LogP contribution is 2.22. The van der Waals surface area contributed by atoms with Crippen molar-refractivity contribution in [3.05, 3.63) is 65.7 Å². The van der Waals surface area contributed by atoms with Crippen LogP contribution in [-0.2, 0) is 26.2 Å². The van der Waals surface area contributed by atoms with Crippen LogP contribution in [0.1, 0.15) is 25.3 Å². The standard InChI is InChI=1S/C22H27F2N3O4S/c1-16(22(29)25-2)26(15-17-9-4-5-10-18(17)23)21(28)13-8-14-27(32(3,30)31)20-12-7-6-11-19(20)24/h4-7,9-12,16H,8,13-15H2,1-3H3,(H,25,29)/t16-/m0/s1. The maximum atomic E-state index is 14.1. The van der Waals surface area contributed by atoms with E-state index in [9.17, 15) is 26.8 Å². The number of benzene rings is 2. The molecule has 0 aliphatic carbocycles. The lowest BCUT2D eigenvalue weighted by molar-refractivity contribution is -0.140. The van der Waals surface area contributed by atoms with Gasteiger partial charge in [-0.3, -0.25) is 13.9 Å². The van der Waals surface area contributed by atoms with Crippen molar-refractivity contribution in [2.45, 2.75) is 32.4 Å². The summed E-state index contributed by atoms with van der Waals surface area (Å²) in [6.07, 6.45) is 0.921. The third-order valence-corrected chi connectivity index (χ3v) is 6.17. The summed E-state index contributed by atoms with van der Waals surface area (Å²) in [6.45, 7) is 1.27. The maximum Gasteiger partial charge on any atom is 0.242 e. The van der Waals surface area contributed by atoms with E-state index < -0.39 is 39.5 Å². The average Bonchev–Trinajstić information content (AvgIpc) is 2.75. The average molecular weight is 468 g/mol. The number of amides is 2. The van der Waals surface area contributed by atoms with Gasteiger partial charge in [0, 0.05) is 32.1 Å². The fraction of sp³-hybridized carbons (Fsp3) is 0.364. The molecule has 0 aromatic heterocycles. The zero-order chi connectivity index (χ0) is 23.9. The minimum Gasteiger partial charge on any atom is -0.357 e. The Bertz CT molecular complexity index is 1060. The number of hydrogen-bond acceptors (Lipinski definition) is 4. The molecule has 2 aromatic rings. The molecule has 32 heavy (non-hydrogen) atoms. The predicted octanol–water partition coefficient (Wildman–Crippen LogP) is 2.67. The Labute approximate surface area is 187 Å². The number of para-hydroxylation sites is 1. The van der Waals surface area contributed by atoms with E-state index >= 15 is 0 Å². The van der Waals surface area contributed by atoms with Gasteiger partial charge in [0.05, 0.1) is 11.9 Å². The van der Waals surface area contributed by atoms with E-state index in [1.54, 1.807) is 6.07 Å². The van der Waals surface area contributed by atoms with Crippen LogP contribution >= 0.6 is 0 Å². The molecule has 1 N–H and O–H groups in total. The normalized spacial score (nSPS) is 12.2. The van der Waals surface area contributed by atoms with E-state index in [4.69, 9.17) is 0 Å². The van der Waals surface area contributed by atoms with Crippen LogP contribution in [0.3, 0.4) is 0 Å². The van der Waals surface area contributed by atoms with Crippen molar-refractivity contribution in [3.63, 3.8) is 0 Å². The monoisotopic (exact) mass is 467 g/mol. The van der Waals surface area contributed by atoms with E-state index in [-0.39, 0.29) is 37.2 Å². The summed E-state index contributed by atoms with van der Waals surface area (Å²) in [5, 5.41) is 2.47. The van der Waals surface area contributed by atoms with Gasteiger partial charge in [-0.1, -0.05) is 30.3 Å². The summed E-state index contributed by atoms with van der Waals surface area (Å²) < 4.78 is 53.5. The van der Waals surface area contributed by atoms with Crippen LogP contribution < -0.4 is 9.62 Å². The van der Waals surface area contributed by atoms with Crippen molar-refractivity contribution in [2.24, 2.45) is 0 Å². The zero-order valence-electron chi connectivity index (χ0n) is 18.2. The number of sulfonamides is 1. The molecule has 2 amide bonds. The van der Waals surface area contributed by atoms with Gasteiger partial charge in [-0.05, 0) is 31.5 Å². The highest BCUT2D eigenvalue weighted by atomic mass is 32.2. The molecule has 0 saturated heterocycles. The molecule has 0 aliphatic rings. The summed E-state index contributed by atoms with van der Waals surface area (Å²) in [4.78, 5) is 26.3. The van der Waals surface area contributed by atoms with E-state index in [1.165, 1.54) is 55.3 Å². The molecule has 0 unspecified atom stereocenters. The van der Waals surface area contributed by atoms with Gasteiger partial charge in [0.25, 0.3) is 0 Å². The SMILES string of the molecule is CNC(=O)[C@H](C)N(Cc1ccccc1F)C(=O)CCCN(c1ccccc1F)S(C)(=O)=O. The van der Waals surface area contributed by atoms with Crippen LogP contribution in [0.15, 0.2) is 48.5 Å². The topological polar surface area (TPSA) is 86.8 Å². The first-order chi connectivity index (χ1) is 15.1. The number of halogens is 2. The van der Waals surface area contributed by atoms with Crippen molar-refractivity contribution >= 4 is 27.5 Å². The van der Waals surface area contributed by atoms with E-state index in [2.05, 4.69) is 5.32 Å². The Balaban J connectivity index is 2.17. The van der Waals surface area contributed by atoms with Crippen LogP contribution in [0.5, 0.6) is 0 Å². The van der Waals surface area contributed by atoms with Crippen LogP contribution in [0.4, 0.5) is 14.5 Å². The Morgan fingerprint density at radius 1 is 1.03 bits per heavy atom. The Hall–Kier alpha value is -3.01. The molecule has 0 radical (unpaired) electrons. The van der Waals surface area contributed by atoms with Crippen LogP contribution in [0, 0.1) is 11.6 Å². The summed E-state index contributed by atoms with van der Waals surface area (Å²) in [7, 11) is -2.36. The third-order valence-electron chi connectivity index (χ3n) is 4.99. The van der Waals surface area contributed by atoms with Gasteiger partial charge >= 0.3 is 0 Å². The number of hydrogen-bond donors (Lipinski definition) is 1. The van der Waals surface area contributed by atoms with Gasteiger partial charge in [-0.2, -0.15) is 0 Å². The molecule has 174 valence electrons. The fourth-order valence-electron chi connectivity index (χ4n) is 3.24. The maximum absolute atomic E-state index is 14.1. The first-order valence-electron chi connectivity index (χ1n) is 10.0. The fourth-order valence-corrected chi connectivity index (χ4v) is 4.20. The molecule has 2 aromatic carbocycles. The molecule has 10 heteroatoms. The highest BCUT2D eigenvalue weighted by molar-refractivity contribution is 7.92. The van der Waals surface area contributed by atoms with Crippen LogP contribution in [0.2, 0.25) is 0 Å². The second kappa shape index (κ2) is 11.0. The summed E-state index contributed by atoms with van der Waals surface area (Å²) in [5.41, 5.74) is 0.144. The second-order valence-electron chi connectivity index (χ2n) is 7.29. The molecule has 0 spiro atoms. The minimum atomic E-state index is -3.79. The molecule has 0 fully saturated rings. The Morgan fingerprint density at radius 2 is 1.62 bits per heavy atom. The lowest BCUT2D eigenvalue weighted by Crippen LogP contribution is -2.47. The van der Waals surface area contributed by atoms with Gasteiger partial charge < -0.3 is 10.2 Å². The molecule has 0 heterocycles. The van der Waals surface area contributed by atoms with Gasteiger partial charge in [-0.25, -0.2) is 17.2 Å². The third kappa shape index (κ3) is 6.49. The molecule has 0 aliphatic heterocycles. The number of carbonyl (C=O) groups excluding carboxylic acids is 2. The number of anilines is 1. The number of carbonyl (C=O) groups is 2. The minimum absolute atomic E-state index is 0.0779. The largest absolute Gasteiger partial charge is 0.357 e. The van der Waals surface area contributed by atoms with Gasteiger partial charge in [-0.15, -0.1) is 0 Å². The molecule has 1 atom stereocenters. The molecule has 0 bridgehead atoms. The summed E-state index contributed by atoms with van der Waals surface area (Å²) in [6, 6.07) is 10.5. The lowest BCUT2D eigenvalue weighted by Gasteiger charge is -2.29. The Kier molecular flexibility index (Phi) is 8.71. The highest BCUT2D eigenvalue weighted by Gasteiger charge is 2.27. The molecular formula is C22H27F2N3O4S. The van der Waals surface area contributed by atoms with Crippen molar-refractivity contribution < 1.29 is 26.8 Å². The van der Waals surface area contributed by atoms with Crippen molar-refractivity contribution in [2.75, 3.05) is 24.2 Å². The predicted molar refractivity (Wildman–Crippen MR) is 118 cm³/mol. The summed E-state index contributed by atoms with van der Waals surface area (Å²) in [5.74, 6) is -2.07. The van der Waals surface area contributed by atoms with Gasteiger partial charge in [0.2, 0.25) is 21.8 Å². The van der Waals surface area contributed by atoms with Crippen LogP contribution in [-0.4, -0.2) is 51.0 Å². The van der Waals surface area contributed by atoms with Crippen molar-refractivity contribution in [3.8, 4) is 0 Å². The molecular weight excluding hydrogens is 440 g/mol. The second-order valence-corrected chi connectivity index (χ2v) is 9.20. The summed E-state index contributed by atoms with van der Waals surface area (Å²) >= 11 is 0. The zero-order valence-corrected chi connectivity index (χ0v) is 19.0. The number of nitrogens with one attached hydrogen (secondary N) is 1. The van der Waals surface area contributed by atoms with Crippen molar-refractivity contribution in [1.29, 1.82) is 0 Å². The molecule has 2 rings (SSSR count). The number of likely N-dealkylation sites (N-methyl/N-ethyl adjacent to an activating group) is 1. The molecule has 0 saturated carbocycles. The smallest absolute Gasteiger partial charge is 0.242 e. The lowest BCUT2D eigenvalue weighted by atomic mass is 10.1. The van der Waals surface area contributed by atoms with Crippen LogP contribution in [0.25, 0.3) is 0 Å². The van der Waals surface area contributed by atoms with E-state index in [0.717, 1.165) is 16.6 Å². The Morgan fingerprint density at radius 3 is 2.19 bits per heavy atom. The molecule has 7 nitrogen and oxygen atoms in total. The first-order valence-corrected chi connectivity index (χ1v) is 11.9. The number of rotatable bonds is 10. The quantitative estimate of drug-likeness (QED) is 0.582. The van der Waals surface area contributed by atoms with Crippen molar-refractivity contribution in [1.82, 2.24) is 10.2 Å². The number of nitrogens with zero attached hydrogens (tertiary/aromatic N) is 2. The van der Waals surface area contributed by atoms with Gasteiger partial charge in [0.1, 0.15) is 17.7 Å².